The SMILES string of the molecule is CCOc1ccccc1NC(=O)CN1CCC(c2cccs2)CC1. The van der Waals surface area contributed by atoms with E-state index < -0.39 is 0 Å². The number of para-hydroxylation sites is 2. The summed E-state index contributed by atoms with van der Waals surface area (Å²) in [6.45, 7) is 4.92. The standard InChI is InChI=1S/C19H24N2O2S/c1-2-23-17-7-4-3-6-16(17)20-19(22)14-21-11-9-15(10-12-21)18-8-5-13-24-18/h3-8,13,15H,2,9-12,14H2,1H3,(H,20,22). The van der Waals surface area contributed by atoms with Gasteiger partial charge in [0.05, 0.1) is 18.8 Å². The van der Waals surface area contributed by atoms with Gasteiger partial charge < -0.3 is 10.1 Å². The molecule has 1 aliphatic heterocycles. The second-order valence-corrected chi connectivity index (χ2v) is 7.02. The minimum atomic E-state index is 0.0247. The molecule has 0 atom stereocenters. The predicted octanol–water partition coefficient (Wildman–Crippen LogP) is 3.96. The van der Waals surface area contributed by atoms with Crippen LogP contribution in [0, 0.1) is 0 Å². The van der Waals surface area contributed by atoms with Crippen molar-refractivity contribution < 1.29 is 9.53 Å². The minimum absolute atomic E-state index is 0.0247. The summed E-state index contributed by atoms with van der Waals surface area (Å²) in [4.78, 5) is 16.1. The van der Waals surface area contributed by atoms with Crippen molar-refractivity contribution in [2.24, 2.45) is 0 Å². The first-order valence-corrected chi connectivity index (χ1v) is 9.41. The van der Waals surface area contributed by atoms with Crippen LogP contribution in [0.3, 0.4) is 0 Å². The fraction of sp³-hybridized carbons (Fsp3) is 0.421. The summed E-state index contributed by atoms with van der Waals surface area (Å²) < 4.78 is 5.56. The van der Waals surface area contributed by atoms with E-state index in [1.165, 1.54) is 4.88 Å². The fourth-order valence-electron chi connectivity index (χ4n) is 3.14. The van der Waals surface area contributed by atoms with E-state index in [0.717, 1.165) is 37.4 Å². The third-order valence-electron chi connectivity index (χ3n) is 4.36. The number of ether oxygens (including phenoxy) is 1. The summed E-state index contributed by atoms with van der Waals surface area (Å²) in [6, 6.07) is 11.9. The van der Waals surface area contributed by atoms with Gasteiger partial charge >= 0.3 is 0 Å². The van der Waals surface area contributed by atoms with Crippen molar-refractivity contribution in [1.82, 2.24) is 4.90 Å². The van der Waals surface area contributed by atoms with Crippen LogP contribution >= 0.6 is 11.3 Å². The second kappa shape index (κ2) is 8.31. The van der Waals surface area contributed by atoms with Crippen LogP contribution in [0.15, 0.2) is 41.8 Å². The lowest BCUT2D eigenvalue weighted by Gasteiger charge is -2.31. The van der Waals surface area contributed by atoms with E-state index in [4.69, 9.17) is 4.74 Å². The molecule has 0 spiro atoms. The van der Waals surface area contributed by atoms with Gasteiger partial charge in [0.1, 0.15) is 5.75 Å². The number of hydrogen-bond acceptors (Lipinski definition) is 4. The van der Waals surface area contributed by atoms with Gasteiger partial charge in [0, 0.05) is 4.88 Å². The quantitative estimate of drug-likeness (QED) is 0.862. The van der Waals surface area contributed by atoms with Gasteiger partial charge in [-0.1, -0.05) is 18.2 Å². The molecule has 24 heavy (non-hydrogen) atoms. The van der Waals surface area contributed by atoms with Gasteiger partial charge in [-0.05, 0) is 62.4 Å². The Balaban J connectivity index is 1.49. The highest BCUT2D eigenvalue weighted by molar-refractivity contribution is 7.10. The van der Waals surface area contributed by atoms with Crippen molar-refractivity contribution in [3.05, 3.63) is 46.7 Å². The van der Waals surface area contributed by atoms with Gasteiger partial charge in [-0.2, -0.15) is 0 Å². The first kappa shape index (κ1) is 17.0. The molecule has 2 heterocycles. The minimum Gasteiger partial charge on any atom is -0.492 e. The molecule has 2 aromatic rings. The Labute approximate surface area is 147 Å². The molecule has 1 aromatic heterocycles. The predicted molar refractivity (Wildman–Crippen MR) is 99.0 cm³/mol. The van der Waals surface area contributed by atoms with E-state index in [0.29, 0.717) is 19.1 Å². The summed E-state index contributed by atoms with van der Waals surface area (Å²) >= 11 is 1.84. The molecule has 1 fully saturated rings. The van der Waals surface area contributed by atoms with Crippen LogP contribution in [-0.4, -0.2) is 37.0 Å². The molecule has 128 valence electrons. The molecule has 3 rings (SSSR count). The maximum Gasteiger partial charge on any atom is 0.238 e. The first-order chi connectivity index (χ1) is 11.8. The Hall–Kier alpha value is -1.85. The van der Waals surface area contributed by atoms with Crippen LogP contribution in [0.25, 0.3) is 0 Å². The zero-order chi connectivity index (χ0) is 16.8. The third-order valence-corrected chi connectivity index (χ3v) is 5.40. The number of thiophene rings is 1. The monoisotopic (exact) mass is 344 g/mol. The number of anilines is 1. The molecule has 0 radical (unpaired) electrons. The van der Waals surface area contributed by atoms with E-state index in [1.54, 1.807) is 0 Å². The number of carbonyl (C=O) groups excluding carboxylic acids is 1. The molecular weight excluding hydrogens is 320 g/mol. The Kier molecular flexibility index (Phi) is 5.88. The number of hydrogen-bond donors (Lipinski definition) is 1. The highest BCUT2D eigenvalue weighted by atomic mass is 32.1. The van der Waals surface area contributed by atoms with Crippen LogP contribution in [-0.2, 0) is 4.79 Å². The van der Waals surface area contributed by atoms with Gasteiger partial charge in [-0.3, -0.25) is 9.69 Å². The van der Waals surface area contributed by atoms with Crippen LogP contribution in [0.1, 0.15) is 30.6 Å². The fourth-order valence-corrected chi connectivity index (χ4v) is 4.04. The molecule has 5 heteroatoms. The summed E-state index contributed by atoms with van der Waals surface area (Å²) in [5, 5.41) is 5.12. The smallest absolute Gasteiger partial charge is 0.238 e. The molecule has 0 saturated carbocycles. The Morgan fingerprint density at radius 3 is 2.75 bits per heavy atom. The Morgan fingerprint density at radius 2 is 2.04 bits per heavy atom. The topological polar surface area (TPSA) is 41.6 Å². The number of rotatable bonds is 6. The first-order valence-electron chi connectivity index (χ1n) is 8.53. The number of amides is 1. The summed E-state index contributed by atoms with van der Waals surface area (Å²) in [5.41, 5.74) is 0.748. The zero-order valence-corrected chi connectivity index (χ0v) is 14.8. The van der Waals surface area contributed by atoms with Crippen LogP contribution in [0.4, 0.5) is 5.69 Å². The summed E-state index contributed by atoms with van der Waals surface area (Å²) in [6.07, 6.45) is 2.26. The molecule has 0 bridgehead atoms. The lowest BCUT2D eigenvalue weighted by Crippen LogP contribution is -2.38. The van der Waals surface area contributed by atoms with E-state index in [1.807, 2.05) is 42.5 Å². The number of benzene rings is 1. The molecule has 1 amide bonds. The van der Waals surface area contributed by atoms with Crippen LogP contribution < -0.4 is 10.1 Å². The van der Waals surface area contributed by atoms with Crippen LogP contribution in [0.2, 0.25) is 0 Å². The summed E-state index contributed by atoms with van der Waals surface area (Å²) in [7, 11) is 0. The van der Waals surface area contributed by atoms with E-state index >= 15 is 0 Å². The normalized spacial score (nSPS) is 16.0. The van der Waals surface area contributed by atoms with Gasteiger partial charge in [0.25, 0.3) is 0 Å². The van der Waals surface area contributed by atoms with Crippen molar-refractivity contribution in [3.63, 3.8) is 0 Å². The molecule has 1 saturated heterocycles. The van der Waals surface area contributed by atoms with E-state index in [2.05, 4.69) is 27.7 Å². The Bertz CT molecular complexity index is 649. The maximum atomic E-state index is 12.3. The van der Waals surface area contributed by atoms with Crippen molar-refractivity contribution in [2.75, 3.05) is 31.6 Å². The second-order valence-electron chi connectivity index (χ2n) is 6.04. The van der Waals surface area contributed by atoms with Gasteiger partial charge in [0.2, 0.25) is 5.91 Å². The molecule has 4 nitrogen and oxygen atoms in total. The molecule has 0 unspecified atom stereocenters. The van der Waals surface area contributed by atoms with Crippen molar-refractivity contribution in [1.29, 1.82) is 0 Å². The highest BCUT2D eigenvalue weighted by Crippen LogP contribution is 2.31. The van der Waals surface area contributed by atoms with Crippen molar-refractivity contribution >= 4 is 22.9 Å². The van der Waals surface area contributed by atoms with Crippen molar-refractivity contribution in [3.8, 4) is 5.75 Å². The lowest BCUT2D eigenvalue weighted by atomic mass is 9.95. The Morgan fingerprint density at radius 1 is 1.25 bits per heavy atom. The molecule has 1 aromatic carbocycles. The summed E-state index contributed by atoms with van der Waals surface area (Å²) in [5.74, 6) is 1.41. The largest absolute Gasteiger partial charge is 0.492 e. The van der Waals surface area contributed by atoms with Gasteiger partial charge in [-0.25, -0.2) is 0 Å². The highest BCUT2D eigenvalue weighted by Gasteiger charge is 2.22. The average molecular weight is 344 g/mol. The molecule has 1 aliphatic rings. The number of nitrogens with one attached hydrogen (secondary N) is 1. The molecule has 0 aliphatic carbocycles. The lowest BCUT2D eigenvalue weighted by molar-refractivity contribution is -0.117. The zero-order valence-electron chi connectivity index (χ0n) is 14.0. The van der Waals surface area contributed by atoms with Crippen LogP contribution in [0.5, 0.6) is 5.75 Å². The number of nitrogens with zero attached hydrogens (tertiary/aromatic N) is 1. The van der Waals surface area contributed by atoms with E-state index in [-0.39, 0.29) is 5.91 Å². The third kappa shape index (κ3) is 4.36. The number of likely N-dealkylation sites (tertiary alicyclic amines) is 1. The molecular formula is C19H24N2O2S. The van der Waals surface area contributed by atoms with Crippen molar-refractivity contribution in [2.45, 2.75) is 25.7 Å². The maximum absolute atomic E-state index is 12.3. The molecule has 1 N–H and O–H groups in total. The van der Waals surface area contributed by atoms with E-state index in [9.17, 15) is 4.79 Å². The van der Waals surface area contributed by atoms with Gasteiger partial charge in [0.15, 0.2) is 0 Å². The van der Waals surface area contributed by atoms with Gasteiger partial charge in [-0.15, -0.1) is 11.3 Å². The number of piperidine rings is 1. The average Bonchev–Trinajstić information content (AvgIpc) is 3.12. The number of carbonyl (C=O) groups is 1.